The van der Waals surface area contributed by atoms with E-state index >= 15 is 0 Å². The van der Waals surface area contributed by atoms with E-state index in [0.717, 1.165) is 20.8 Å². The Morgan fingerprint density at radius 2 is 0.733 bits per heavy atom. The van der Waals surface area contributed by atoms with Gasteiger partial charge in [0.1, 0.15) is 0 Å². The molecule has 0 unspecified atom stereocenters. The van der Waals surface area contributed by atoms with Crippen molar-refractivity contribution in [3.05, 3.63) is 0 Å². The Balaban J connectivity index is -0.0000000184. The Morgan fingerprint density at radius 3 is 0.733 bits per heavy atom. The molecule has 0 atom stereocenters. The van der Waals surface area contributed by atoms with Crippen molar-refractivity contribution >= 4 is 47.7 Å². The minimum atomic E-state index is -1.08. The van der Waals surface area contributed by atoms with Gasteiger partial charge in [-0.3, -0.25) is 0 Å². The topological polar surface area (TPSA) is 120 Å². The fourth-order valence-electron chi connectivity index (χ4n) is 0. The van der Waals surface area contributed by atoms with Gasteiger partial charge in [-0.25, -0.2) is 0 Å². The summed E-state index contributed by atoms with van der Waals surface area (Å²) in [5.74, 6) is -3.25. The summed E-state index contributed by atoms with van der Waals surface area (Å²) in [5.41, 5.74) is 0. The summed E-state index contributed by atoms with van der Waals surface area (Å²) < 4.78 is 0. The van der Waals surface area contributed by atoms with Gasteiger partial charge in [0.25, 0.3) is 0 Å². The predicted octanol–water partition coefficient (Wildman–Crippen LogP) is -3.69. The average Bonchev–Trinajstić information content (AvgIpc) is 1.54. The third-order valence-electron chi connectivity index (χ3n) is 0. The fourth-order valence-corrected chi connectivity index (χ4v) is 0. The molecule has 0 rings (SSSR count). The van der Waals surface area contributed by atoms with Gasteiger partial charge >= 0.3 is 17.4 Å². The van der Waals surface area contributed by atoms with Gasteiger partial charge in [-0.15, -0.1) is 12.4 Å². The van der Waals surface area contributed by atoms with Crippen LogP contribution in [0.15, 0.2) is 0 Å². The first-order valence-corrected chi connectivity index (χ1v) is 2.72. The van der Waals surface area contributed by atoms with E-state index in [1.165, 1.54) is 0 Å². The molecule has 0 aromatic carbocycles. The Kier molecular flexibility index (Phi) is 70.6. The predicted molar refractivity (Wildman–Crippen MR) is 45.0 cm³/mol. The van der Waals surface area contributed by atoms with Crippen molar-refractivity contribution in [3.63, 3.8) is 0 Å². The molecule has 84 valence electrons. The van der Waals surface area contributed by atoms with Crippen molar-refractivity contribution in [2.75, 3.05) is 0 Å². The molecule has 0 aliphatic carbocycles. The number of carboxylic acids is 3. The largest absolute Gasteiger partial charge is 3.00 e. The van der Waals surface area contributed by atoms with Crippen molar-refractivity contribution in [3.8, 4) is 0 Å². The number of rotatable bonds is 0. The second-order valence-corrected chi connectivity index (χ2v) is 1.47. The number of hydrogen-bond acceptors (Lipinski definition) is 6. The van der Waals surface area contributed by atoms with Gasteiger partial charge in [-0.05, 0) is 20.8 Å². The van der Waals surface area contributed by atoms with Crippen LogP contribution in [0.5, 0.6) is 0 Å². The number of carbonyl (C=O) groups excluding carboxylic acids is 3. The molecular formula is C6H10AlClO6Zr. The van der Waals surface area contributed by atoms with Crippen molar-refractivity contribution in [2.24, 2.45) is 0 Å². The van der Waals surface area contributed by atoms with Crippen molar-refractivity contribution in [1.82, 2.24) is 0 Å². The summed E-state index contributed by atoms with van der Waals surface area (Å²) in [7, 11) is 0. The molecule has 9 heteroatoms. The molecule has 0 aromatic heterocycles. The van der Waals surface area contributed by atoms with Crippen molar-refractivity contribution in [1.29, 1.82) is 0 Å². The van der Waals surface area contributed by atoms with Gasteiger partial charge in [0.05, 0.1) is 0 Å². The van der Waals surface area contributed by atoms with E-state index in [0.29, 0.717) is 0 Å². The zero-order valence-corrected chi connectivity index (χ0v) is 12.9. The number of aliphatic carboxylic acids is 3. The van der Waals surface area contributed by atoms with E-state index in [2.05, 4.69) is 0 Å². The average molecular weight is 332 g/mol. The zero-order chi connectivity index (χ0) is 10.7. The van der Waals surface area contributed by atoms with Crippen LogP contribution in [-0.4, -0.2) is 35.3 Å². The van der Waals surface area contributed by atoms with E-state index < -0.39 is 17.9 Å². The van der Waals surface area contributed by atoms with Crippen LogP contribution in [0.2, 0.25) is 0 Å². The molecule has 0 saturated carbocycles. The molecule has 15 heavy (non-hydrogen) atoms. The molecular weight excluding hydrogens is 322 g/mol. The van der Waals surface area contributed by atoms with Crippen LogP contribution < -0.4 is 15.3 Å². The fraction of sp³-hybridized carbons (Fsp3) is 0.500. The van der Waals surface area contributed by atoms with Gasteiger partial charge in [0.2, 0.25) is 0 Å². The standard InChI is InChI=1S/3C2H4O2.Al.ClH.Zr/c3*1-2(3)4;;;/h3*1H3,(H,3,4);;1H;/q;;;+3;;/p-3. The molecule has 0 aliphatic heterocycles. The molecule has 0 aromatic rings. The summed E-state index contributed by atoms with van der Waals surface area (Å²) in [5, 5.41) is 26.7. The third-order valence-corrected chi connectivity index (χ3v) is 0. The summed E-state index contributed by atoms with van der Waals surface area (Å²) >= 11 is 0. The Morgan fingerprint density at radius 1 is 0.733 bits per heavy atom. The monoisotopic (exact) mass is 330 g/mol. The van der Waals surface area contributed by atoms with E-state index in [1.807, 2.05) is 0 Å². The molecule has 0 saturated heterocycles. The molecule has 0 bridgehead atoms. The van der Waals surface area contributed by atoms with Crippen LogP contribution in [0, 0.1) is 0 Å². The third kappa shape index (κ3) is 155000. The Hall–Kier alpha value is 0.116. The second-order valence-electron chi connectivity index (χ2n) is 1.47. The molecule has 0 fully saturated rings. The maximum Gasteiger partial charge on any atom is 3.00 e. The Bertz CT molecular complexity index is 125. The van der Waals surface area contributed by atoms with Gasteiger partial charge in [-0.1, -0.05) is 0 Å². The molecule has 0 heterocycles. The van der Waals surface area contributed by atoms with E-state index in [9.17, 15) is 0 Å². The van der Waals surface area contributed by atoms with Gasteiger partial charge in [-0.2, -0.15) is 0 Å². The zero-order valence-electron chi connectivity index (χ0n) is 8.44. The van der Waals surface area contributed by atoms with Gasteiger partial charge in [0.15, 0.2) is 0 Å². The van der Waals surface area contributed by atoms with Crippen LogP contribution in [0.25, 0.3) is 0 Å². The maximum absolute atomic E-state index is 8.89. The molecule has 6 nitrogen and oxygen atoms in total. The summed E-state index contributed by atoms with van der Waals surface area (Å²) in [6.45, 7) is 2.92. The van der Waals surface area contributed by atoms with Gasteiger partial charge in [0, 0.05) is 44.1 Å². The Labute approximate surface area is 124 Å². The van der Waals surface area contributed by atoms with Crippen LogP contribution in [0.4, 0.5) is 0 Å². The number of carboxylic acid groups (broad SMARTS) is 3. The van der Waals surface area contributed by atoms with E-state index in [4.69, 9.17) is 29.7 Å². The smallest absolute Gasteiger partial charge is 0.550 e. The SMILES string of the molecule is CC(=O)[O-].CC(=O)[O-].CC(=O)[O-].Cl.[Al+3].[Zr]. The first kappa shape index (κ1) is 36.2. The molecule has 0 spiro atoms. The van der Waals surface area contributed by atoms with Crippen LogP contribution >= 0.6 is 12.4 Å². The van der Waals surface area contributed by atoms with E-state index in [-0.39, 0.29) is 56.0 Å². The van der Waals surface area contributed by atoms with Crippen LogP contribution in [0.1, 0.15) is 20.8 Å². The van der Waals surface area contributed by atoms with Gasteiger partial charge < -0.3 is 29.7 Å². The number of carbonyl (C=O) groups is 3. The van der Waals surface area contributed by atoms with Crippen molar-refractivity contribution in [2.45, 2.75) is 20.8 Å². The first-order valence-electron chi connectivity index (χ1n) is 2.72. The first-order chi connectivity index (χ1) is 5.20. The molecule has 0 amide bonds. The molecule has 0 radical (unpaired) electrons. The minimum Gasteiger partial charge on any atom is -0.550 e. The quantitative estimate of drug-likeness (QED) is 0.421. The maximum atomic E-state index is 8.89. The number of hydrogen-bond donors (Lipinski definition) is 0. The summed E-state index contributed by atoms with van der Waals surface area (Å²) in [6.07, 6.45) is 0. The summed E-state index contributed by atoms with van der Waals surface area (Å²) in [6, 6.07) is 0. The van der Waals surface area contributed by atoms with Crippen LogP contribution in [-0.2, 0) is 40.6 Å². The minimum absolute atomic E-state index is 0. The van der Waals surface area contributed by atoms with E-state index in [1.54, 1.807) is 0 Å². The number of halogens is 1. The molecule has 0 N–H and O–H groups in total. The molecule has 0 aliphatic rings. The second kappa shape index (κ2) is 29.2. The van der Waals surface area contributed by atoms with Crippen LogP contribution in [0.3, 0.4) is 0 Å². The van der Waals surface area contributed by atoms with Crippen molar-refractivity contribution < 1.29 is 55.9 Å². The normalized spacial score (nSPS) is 5.00. The summed E-state index contributed by atoms with van der Waals surface area (Å²) in [4.78, 5) is 26.7.